The number of hydrogen-bond acceptors (Lipinski definition) is 5. The standard InChI is InChI=1S/C20H21N3O4/c1-26-15-8-9-17(27-2)14(10-15)11-22-23-20(25)18-16(12-21-19(18)24)13-6-4-3-5-7-13/h3-11,16,18H,12H2,1-2H3,(H,21,24)(H,23,25)/b22-11+/t16-,18+/m0/s1. The number of carbonyl (C=O) groups excluding carboxylic acids is 2. The van der Waals surface area contributed by atoms with Crippen molar-refractivity contribution in [2.24, 2.45) is 11.0 Å². The molecule has 7 heteroatoms. The maximum atomic E-state index is 12.6. The van der Waals surface area contributed by atoms with Crippen molar-refractivity contribution in [2.75, 3.05) is 20.8 Å². The zero-order valence-corrected chi connectivity index (χ0v) is 15.1. The molecule has 0 aromatic heterocycles. The number of nitrogens with one attached hydrogen (secondary N) is 2. The largest absolute Gasteiger partial charge is 0.497 e. The molecule has 2 N–H and O–H groups in total. The van der Waals surface area contributed by atoms with Crippen molar-refractivity contribution in [3.05, 3.63) is 59.7 Å². The van der Waals surface area contributed by atoms with Gasteiger partial charge in [-0.3, -0.25) is 9.59 Å². The predicted octanol–water partition coefficient (Wildman–Crippen LogP) is 1.68. The van der Waals surface area contributed by atoms with Crippen LogP contribution in [0.15, 0.2) is 53.6 Å². The van der Waals surface area contributed by atoms with Crippen LogP contribution in [-0.2, 0) is 9.59 Å². The van der Waals surface area contributed by atoms with Crippen LogP contribution in [0.25, 0.3) is 0 Å². The van der Waals surface area contributed by atoms with E-state index in [-0.39, 0.29) is 11.8 Å². The second-order valence-corrected chi connectivity index (χ2v) is 6.08. The third kappa shape index (κ3) is 4.08. The number of hydrogen-bond donors (Lipinski definition) is 2. The highest BCUT2D eigenvalue weighted by molar-refractivity contribution is 6.03. The van der Waals surface area contributed by atoms with E-state index in [4.69, 9.17) is 9.47 Å². The molecule has 0 radical (unpaired) electrons. The van der Waals surface area contributed by atoms with Crippen molar-refractivity contribution in [3.8, 4) is 11.5 Å². The second kappa shape index (κ2) is 8.35. The molecule has 0 unspecified atom stereocenters. The summed E-state index contributed by atoms with van der Waals surface area (Å²) in [6.07, 6.45) is 1.46. The molecule has 0 bridgehead atoms. The lowest BCUT2D eigenvalue weighted by molar-refractivity contribution is -0.133. The highest BCUT2D eigenvalue weighted by Gasteiger charge is 2.40. The third-order valence-corrected chi connectivity index (χ3v) is 4.51. The van der Waals surface area contributed by atoms with Crippen LogP contribution in [0.4, 0.5) is 0 Å². The van der Waals surface area contributed by atoms with Gasteiger partial charge in [0.05, 0.1) is 20.4 Å². The van der Waals surface area contributed by atoms with Crippen molar-refractivity contribution in [2.45, 2.75) is 5.92 Å². The SMILES string of the molecule is COc1ccc(OC)c(/C=N/NC(=O)[C@H]2C(=O)NC[C@H]2c2ccccc2)c1. The zero-order valence-electron chi connectivity index (χ0n) is 15.1. The van der Waals surface area contributed by atoms with Gasteiger partial charge in [-0.1, -0.05) is 30.3 Å². The van der Waals surface area contributed by atoms with E-state index in [2.05, 4.69) is 15.8 Å². The maximum absolute atomic E-state index is 12.6. The lowest BCUT2D eigenvalue weighted by atomic mass is 9.88. The molecule has 3 rings (SSSR count). The Bertz CT molecular complexity index is 852. The van der Waals surface area contributed by atoms with E-state index in [1.807, 2.05) is 30.3 Å². The number of ether oxygens (including phenoxy) is 2. The number of carbonyl (C=O) groups is 2. The number of benzene rings is 2. The molecule has 140 valence electrons. The summed E-state index contributed by atoms with van der Waals surface area (Å²) < 4.78 is 10.5. The fraction of sp³-hybridized carbons (Fsp3) is 0.250. The number of rotatable bonds is 6. The van der Waals surface area contributed by atoms with Crippen molar-refractivity contribution in [1.29, 1.82) is 0 Å². The van der Waals surface area contributed by atoms with Gasteiger partial charge in [0.1, 0.15) is 17.4 Å². The Morgan fingerprint density at radius 1 is 1.19 bits per heavy atom. The van der Waals surface area contributed by atoms with Crippen LogP contribution >= 0.6 is 0 Å². The first kappa shape index (κ1) is 18.4. The van der Waals surface area contributed by atoms with Gasteiger partial charge in [0.15, 0.2) is 0 Å². The van der Waals surface area contributed by atoms with E-state index in [1.54, 1.807) is 32.4 Å². The minimum atomic E-state index is -0.822. The van der Waals surface area contributed by atoms with Gasteiger partial charge in [-0.25, -0.2) is 5.43 Å². The molecule has 0 saturated carbocycles. The summed E-state index contributed by atoms with van der Waals surface area (Å²) >= 11 is 0. The zero-order chi connectivity index (χ0) is 19.2. The number of nitrogens with zero attached hydrogens (tertiary/aromatic N) is 1. The van der Waals surface area contributed by atoms with E-state index in [1.165, 1.54) is 6.21 Å². The van der Waals surface area contributed by atoms with Gasteiger partial charge in [-0.2, -0.15) is 5.10 Å². The van der Waals surface area contributed by atoms with Crippen LogP contribution in [0, 0.1) is 5.92 Å². The number of methoxy groups -OCH3 is 2. The van der Waals surface area contributed by atoms with Crippen LogP contribution in [0.3, 0.4) is 0 Å². The van der Waals surface area contributed by atoms with Gasteiger partial charge in [-0.05, 0) is 23.8 Å². The van der Waals surface area contributed by atoms with Crippen LogP contribution in [0.5, 0.6) is 11.5 Å². The topological polar surface area (TPSA) is 89.0 Å². The minimum absolute atomic E-state index is 0.222. The average molecular weight is 367 g/mol. The van der Waals surface area contributed by atoms with E-state index in [9.17, 15) is 9.59 Å². The molecule has 1 aliphatic rings. The fourth-order valence-electron chi connectivity index (χ4n) is 3.11. The summed E-state index contributed by atoms with van der Waals surface area (Å²) in [5.74, 6) is -0.554. The summed E-state index contributed by atoms with van der Waals surface area (Å²) in [7, 11) is 3.11. The second-order valence-electron chi connectivity index (χ2n) is 6.08. The molecule has 2 aromatic carbocycles. The lowest BCUT2D eigenvalue weighted by Gasteiger charge is -2.15. The number of hydrazone groups is 1. The van der Waals surface area contributed by atoms with E-state index in [0.29, 0.717) is 23.6 Å². The lowest BCUT2D eigenvalue weighted by Crippen LogP contribution is -2.34. The molecule has 0 spiro atoms. The van der Waals surface area contributed by atoms with Crippen molar-refractivity contribution in [3.63, 3.8) is 0 Å². The van der Waals surface area contributed by atoms with Crippen molar-refractivity contribution in [1.82, 2.24) is 10.7 Å². The van der Waals surface area contributed by atoms with Crippen molar-refractivity contribution < 1.29 is 19.1 Å². The van der Waals surface area contributed by atoms with Gasteiger partial charge in [0.25, 0.3) is 5.91 Å². The quantitative estimate of drug-likeness (QED) is 0.462. The molecular weight excluding hydrogens is 346 g/mol. The van der Waals surface area contributed by atoms with Gasteiger partial charge < -0.3 is 14.8 Å². The summed E-state index contributed by atoms with van der Waals surface area (Å²) in [5.41, 5.74) is 4.05. The highest BCUT2D eigenvalue weighted by atomic mass is 16.5. The third-order valence-electron chi connectivity index (χ3n) is 4.51. The van der Waals surface area contributed by atoms with Gasteiger partial charge in [0.2, 0.25) is 5.91 Å². The first-order valence-corrected chi connectivity index (χ1v) is 8.51. The molecule has 1 heterocycles. The summed E-state index contributed by atoms with van der Waals surface area (Å²) in [5, 5.41) is 6.74. The molecule has 2 aromatic rings. The Balaban J connectivity index is 1.73. The average Bonchev–Trinajstić information content (AvgIpc) is 3.10. The number of amides is 2. The van der Waals surface area contributed by atoms with Crippen LogP contribution in [0.2, 0.25) is 0 Å². The van der Waals surface area contributed by atoms with Crippen LogP contribution in [0.1, 0.15) is 17.0 Å². The van der Waals surface area contributed by atoms with E-state index in [0.717, 1.165) is 5.56 Å². The molecule has 1 fully saturated rings. The Morgan fingerprint density at radius 3 is 2.67 bits per heavy atom. The first-order chi connectivity index (χ1) is 13.1. The first-order valence-electron chi connectivity index (χ1n) is 8.51. The molecular formula is C20H21N3O4. The Labute approximate surface area is 157 Å². The fourth-order valence-corrected chi connectivity index (χ4v) is 3.11. The maximum Gasteiger partial charge on any atom is 0.253 e. The van der Waals surface area contributed by atoms with E-state index < -0.39 is 11.8 Å². The van der Waals surface area contributed by atoms with Gasteiger partial charge in [0, 0.05) is 18.0 Å². The Morgan fingerprint density at radius 2 is 1.96 bits per heavy atom. The molecule has 2 amide bonds. The van der Waals surface area contributed by atoms with Crippen LogP contribution < -0.4 is 20.2 Å². The Hall–Kier alpha value is -3.35. The molecule has 0 aliphatic carbocycles. The molecule has 1 saturated heterocycles. The van der Waals surface area contributed by atoms with Gasteiger partial charge in [-0.15, -0.1) is 0 Å². The summed E-state index contributed by atoms with van der Waals surface area (Å²) in [4.78, 5) is 24.7. The smallest absolute Gasteiger partial charge is 0.253 e. The molecule has 27 heavy (non-hydrogen) atoms. The van der Waals surface area contributed by atoms with Gasteiger partial charge >= 0.3 is 0 Å². The van der Waals surface area contributed by atoms with Crippen LogP contribution in [-0.4, -0.2) is 38.8 Å². The summed E-state index contributed by atoms with van der Waals surface area (Å²) in [6, 6.07) is 14.8. The minimum Gasteiger partial charge on any atom is -0.497 e. The highest BCUT2D eigenvalue weighted by Crippen LogP contribution is 2.29. The van der Waals surface area contributed by atoms with E-state index >= 15 is 0 Å². The monoisotopic (exact) mass is 367 g/mol. The normalized spacial score (nSPS) is 19.0. The van der Waals surface area contributed by atoms with Crippen molar-refractivity contribution >= 4 is 18.0 Å². The predicted molar refractivity (Wildman–Crippen MR) is 101 cm³/mol. The Kier molecular flexibility index (Phi) is 5.71. The molecule has 7 nitrogen and oxygen atoms in total. The summed E-state index contributed by atoms with van der Waals surface area (Å²) in [6.45, 7) is 0.425. The molecule has 2 atom stereocenters. The molecule has 1 aliphatic heterocycles.